The van der Waals surface area contributed by atoms with Crippen molar-refractivity contribution in [3.63, 3.8) is 0 Å². The molecule has 0 radical (unpaired) electrons. The average Bonchev–Trinajstić information content (AvgIpc) is 2.56. The van der Waals surface area contributed by atoms with Gasteiger partial charge in [0.15, 0.2) is 13.1 Å². The lowest BCUT2D eigenvalue weighted by atomic mass is 10.1. The molecule has 0 unspecified atom stereocenters. The predicted octanol–water partition coefficient (Wildman–Crippen LogP) is -0.345. The Hall–Kier alpha value is -1.40. The highest BCUT2D eigenvalue weighted by Gasteiger charge is 2.33. The number of aromatic hydroxyl groups is 1. The summed E-state index contributed by atoms with van der Waals surface area (Å²) in [6, 6.07) is 1.07. The molecule has 2 fully saturated rings. The fourth-order valence-electron chi connectivity index (χ4n) is 3.89. The van der Waals surface area contributed by atoms with Gasteiger partial charge >= 0.3 is 0 Å². The molecule has 6 heteroatoms. The third-order valence-corrected chi connectivity index (χ3v) is 5.60. The van der Waals surface area contributed by atoms with Crippen LogP contribution in [0.5, 0.6) is 5.75 Å². The van der Waals surface area contributed by atoms with Crippen LogP contribution in [-0.2, 0) is 0 Å². The Labute approximate surface area is 144 Å². The van der Waals surface area contributed by atoms with Crippen molar-refractivity contribution in [1.29, 1.82) is 0 Å². The molecule has 3 rings (SSSR count). The van der Waals surface area contributed by atoms with Crippen molar-refractivity contribution in [1.82, 2.24) is 14.4 Å². The van der Waals surface area contributed by atoms with E-state index >= 15 is 0 Å². The number of hydrogen-bond acceptors (Lipinski definition) is 5. The van der Waals surface area contributed by atoms with E-state index in [9.17, 15) is 9.90 Å². The summed E-state index contributed by atoms with van der Waals surface area (Å²) in [6.07, 6.45) is 0. The smallest absolute Gasteiger partial charge is 0.294 e. The first-order valence-corrected chi connectivity index (χ1v) is 9.23. The highest BCUT2D eigenvalue weighted by atomic mass is 16.3. The lowest BCUT2D eigenvalue weighted by Gasteiger charge is -2.38. The molecule has 2 aliphatic heterocycles. The normalized spacial score (nSPS) is 21.4. The Bertz CT molecular complexity index is 655. The zero-order chi connectivity index (χ0) is 17.4. The van der Waals surface area contributed by atoms with Gasteiger partial charge in [0.1, 0.15) is 5.69 Å². The summed E-state index contributed by atoms with van der Waals surface area (Å²) in [5.74, 6) is 0.219. The van der Waals surface area contributed by atoms with Crippen LogP contribution in [0.15, 0.2) is 4.79 Å². The second-order valence-corrected chi connectivity index (χ2v) is 7.61. The van der Waals surface area contributed by atoms with Gasteiger partial charge in [0.25, 0.3) is 10.8 Å². The molecule has 0 aromatic heterocycles. The SMILES string of the molecule is CC(C)N1CCN(c2c(O)c(=[N+]3CCN(C(C)C)CC3)c2=O)CC1. The van der Waals surface area contributed by atoms with E-state index in [4.69, 9.17) is 0 Å². The predicted molar refractivity (Wildman–Crippen MR) is 97.4 cm³/mol. The van der Waals surface area contributed by atoms with E-state index in [1.807, 2.05) is 0 Å². The minimum atomic E-state index is 0.0310. The highest BCUT2D eigenvalue weighted by molar-refractivity contribution is 5.63. The van der Waals surface area contributed by atoms with E-state index in [2.05, 4.69) is 47.0 Å². The van der Waals surface area contributed by atoms with E-state index < -0.39 is 0 Å². The Morgan fingerprint density at radius 1 is 0.875 bits per heavy atom. The first-order valence-electron chi connectivity index (χ1n) is 9.23. The molecule has 6 nitrogen and oxygen atoms in total. The van der Waals surface area contributed by atoms with E-state index in [-0.39, 0.29) is 11.2 Å². The molecular formula is C18H31N4O2+. The molecule has 0 atom stereocenters. The summed E-state index contributed by atoms with van der Waals surface area (Å²) in [7, 11) is 0. The highest BCUT2D eigenvalue weighted by Crippen LogP contribution is 2.22. The molecule has 134 valence electrons. The Morgan fingerprint density at radius 2 is 1.38 bits per heavy atom. The van der Waals surface area contributed by atoms with Gasteiger partial charge in [0.05, 0.1) is 13.1 Å². The maximum Gasteiger partial charge on any atom is 0.294 e. The largest absolute Gasteiger partial charge is 0.501 e. The van der Waals surface area contributed by atoms with E-state index in [0.717, 1.165) is 52.4 Å². The third kappa shape index (κ3) is 3.09. The minimum Gasteiger partial charge on any atom is -0.501 e. The van der Waals surface area contributed by atoms with Gasteiger partial charge in [-0.2, -0.15) is 0 Å². The standard InChI is InChI=1S/C18H30N4O2/c1-13(2)19-5-9-21(10-6-19)15-17(23)16(18(15)24)22-11-7-20(8-12-22)14(3)4/h13-14H,5-12H2,1-4H3/p+1. The quantitative estimate of drug-likeness (QED) is 0.766. The Balaban J connectivity index is 1.73. The van der Waals surface area contributed by atoms with Crippen LogP contribution in [0.1, 0.15) is 27.7 Å². The average molecular weight is 335 g/mol. The number of rotatable bonds is 3. The molecule has 2 aliphatic rings. The van der Waals surface area contributed by atoms with Gasteiger partial charge in [0, 0.05) is 38.3 Å². The molecule has 0 saturated carbocycles. The van der Waals surface area contributed by atoms with Crippen molar-refractivity contribution in [3.05, 3.63) is 15.6 Å². The van der Waals surface area contributed by atoms with E-state index in [1.54, 1.807) is 0 Å². The lowest BCUT2D eigenvalue weighted by molar-refractivity contribution is 0.180. The topological polar surface area (TPSA) is 50.0 Å². The number of nitrogens with zero attached hydrogens (tertiary/aromatic N) is 4. The van der Waals surface area contributed by atoms with Crippen LogP contribution in [0, 0.1) is 0 Å². The van der Waals surface area contributed by atoms with Gasteiger partial charge in [-0.25, -0.2) is 4.58 Å². The van der Waals surface area contributed by atoms with Gasteiger partial charge in [-0.1, -0.05) is 0 Å². The number of piperazine rings is 2. The van der Waals surface area contributed by atoms with Crippen LogP contribution in [0.25, 0.3) is 0 Å². The van der Waals surface area contributed by atoms with Crippen molar-refractivity contribution < 1.29 is 5.11 Å². The van der Waals surface area contributed by atoms with Crippen LogP contribution >= 0.6 is 0 Å². The van der Waals surface area contributed by atoms with Crippen molar-refractivity contribution >= 4 is 5.69 Å². The second kappa shape index (κ2) is 6.84. The molecule has 1 N–H and O–H groups in total. The summed E-state index contributed by atoms with van der Waals surface area (Å²) >= 11 is 0. The van der Waals surface area contributed by atoms with Gasteiger partial charge < -0.3 is 10.0 Å². The van der Waals surface area contributed by atoms with Gasteiger partial charge in [-0.3, -0.25) is 14.6 Å². The maximum absolute atomic E-state index is 12.6. The molecule has 2 heterocycles. The Morgan fingerprint density at radius 3 is 1.83 bits per heavy atom. The van der Waals surface area contributed by atoms with Crippen LogP contribution in [-0.4, -0.2) is 79.3 Å². The Kier molecular flexibility index (Phi) is 4.97. The van der Waals surface area contributed by atoms with Gasteiger partial charge in [-0.05, 0) is 27.7 Å². The molecule has 0 amide bonds. The molecule has 1 aromatic rings. The fourth-order valence-corrected chi connectivity index (χ4v) is 3.89. The molecule has 0 bridgehead atoms. The summed E-state index contributed by atoms with van der Waals surface area (Å²) < 4.78 is 2.06. The van der Waals surface area contributed by atoms with E-state index in [1.165, 1.54) is 0 Å². The number of anilines is 1. The van der Waals surface area contributed by atoms with Crippen molar-refractivity contribution in [2.24, 2.45) is 0 Å². The minimum absolute atomic E-state index is 0.0310. The maximum atomic E-state index is 12.6. The van der Waals surface area contributed by atoms with Crippen LogP contribution in [0.3, 0.4) is 0 Å². The molecular weight excluding hydrogens is 304 g/mol. The van der Waals surface area contributed by atoms with Crippen LogP contribution in [0.2, 0.25) is 0 Å². The summed E-state index contributed by atoms with van der Waals surface area (Å²) in [6.45, 7) is 15.9. The zero-order valence-electron chi connectivity index (χ0n) is 15.5. The molecule has 2 saturated heterocycles. The first-order chi connectivity index (χ1) is 11.4. The zero-order valence-corrected chi connectivity index (χ0v) is 15.5. The monoisotopic (exact) mass is 335 g/mol. The third-order valence-electron chi connectivity index (χ3n) is 5.60. The first kappa shape index (κ1) is 17.4. The van der Waals surface area contributed by atoms with Crippen molar-refractivity contribution in [2.45, 2.75) is 39.8 Å². The number of hydrogen-bond donors (Lipinski definition) is 1. The van der Waals surface area contributed by atoms with Crippen molar-refractivity contribution in [2.75, 3.05) is 57.3 Å². The van der Waals surface area contributed by atoms with Crippen LogP contribution < -0.4 is 20.3 Å². The van der Waals surface area contributed by atoms with E-state index in [0.29, 0.717) is 23.1 Å². The fraction of sp³-hybridized carbons (Fsp3) is 0.778. The molecule has 0 aliphatic carbocycles. The summed E-state index contributed by atoms with van der Waals surface area (Å²) in [5.41, 5.74) is 0.572. The summed E-state index contributed by atoms with van der Waals surface area (Å²) in [4.78, 5) is 19.5. The molecule has 0 spiro atoms. The second-order valence-electron chi connectivity index (χ2n) is 7.61. The van der Waals surface area contributed by atoms with Gasteiger partial charge in [-0.15, -0.1) is 0 Å². The van der Waals surface area contributed by atoms with Crippen molar-refractivity contribution in [3.8, 4) is 5.75 Å². The van der Waals surface area contributed by atoms with Gasteiger partial charge in [0.2, 0.25) is 5.75 Å². The van der Waals surface area contributed by atoms with Crippen LogP contribution in [0.4, 0.5) is 5.69 Å². The molecule has 1 aromatic carbocycles. The lowest BCUT2D eigenvalue weighted by Crippen LogP contribution is -2.57. The summed E-state index contributed by atoms with van der Waals surface area (Å²) in [5, 5.41) is 11.0. The molecule has 24 heavy (non-hydrogen) atoms.